The van der Waals surface area contributed by atoms with Crippen LogP contribution in [0.3, 0.4) is 0 Å². The molecule has 4 rings (SSSR count). The predicted molar refractivity (Wildman–Crippen MR) is 110 cm³/mol. The summed E-state index contributed by atoms with van der Waals surface area (Å²) in [5.41, 5.74) is 2.25. The molecule has 7 nitrogen and oxygen atoms in total. The van der Waals surface area contributed by atoms with Crippen LogP contribution >= 0.6 is 0 Å². The van der Waals surface area contributed by atoms with Crippen LogP contribution < -0.4 is 0 Å². The number of rotatable bonds is 5. The third kappa shape index (κ3) is 3.59. The van der Waals surface area contributed by atoms with Gasteiger partial charge >= 0.3 is 12.1 Å². The van der Waals surface area contributed by atoms with Crippen molar-refractivity contribution in [1.29, 1.82) is 0 Å². The maximum Gasteiger partial charge on any atom is 0.516 e. The van der Waals surface area contributed by atoms with Crippen molar-refractivity contribution in [3.05, 3.63) is 65.9 Å². The summed E-state index contributed by atoms with van der Waals surface area (Å²) in [5, 5.41) is 0.754. The molecule has 0 N–H and O–H groups in total. The minimum atomic E-state index is -3.80. The molecule has 2 aromatic carbocycles. The summed E-state index contributed by atoms with van der Waals surface area (Å²) in [5.74, 6) is -1.38. The minimum Gasteiger partial charge on any atom is -0.434 e. The molecule has 8 heteroatoms. The fourth-order valence-corrected chi connectivity index (χ4v) is 4.98. The molecule has 1 aromatic heterocycles. The van der Waals surface area contributed by atoms with Crippen LogP contribution in [-0.2, 0) is 24.3 Å². The van der Waals surface area contributed by atoms with Crippen molar-refractivity contribution in [3.8, 4) is 0 Å². The van der Waals surface area contributed by atoms with Crippen LogP contribution in [0.4, 0.5) is 4.79 Å². The number of aryl methyl sites for hydroxylation is 1. The average Bonchev–Trinajstić information content (AvgIpc) is 3.41. The van der Waals surface area contributed by atoms with Gasteiger partial charge in [-0.05, 0) is 44.0 Å². The molecule has 2 atom stereocenters. The molecule has 1 fully saturated rings. The highest BCUT2D eigenvalue weighted by molar-refractivity contribution is 7.90. The number of hydrogen-bond donors (Lipinski definition) is 0. The second-order valence-electron chi connectivity index (χ2n) is 7.27. The van der Waals surface area contributed by atoms with Gasteiger partial charge < -0.3 is 9.47 Å². The highest BCUT2D eigenvalue weighted by Gasteiger charge is 2.47. The SMILES string of the molecule is CCOC(=O)OC(=O)[C@@H]1C[C@H]1c1cn(S(=O)(=O)c2ccc(C)cc2)c2ccccc12. The number of carbonyl (C=O) groups is 2. The lowest BCUT2D eigenvalue weighted by molar-refractivity contribution is -0.141. The summed E-state index contributed by atoms with van der Waals surface area (Å²) >= 11 is 0. The smallest absolute Gasteiger partial charge is 0.434 e. The molecule has 0 unspecified atom stereocenters. The first-order valence-corrected chi connectivity index (χ1v) is 11.1. The number of nitrogens with zero attached hydrogens (tertiary/aromatic N) is 1. The first kappa shape index (κ1) is 20.2. The van der Waals surface area contributed by atoms with E-state index < -0.39 is 28.1 Å². The van der Waals surface area contributed by atoms with Crippen LogP contribution in [0.25, 0.3) is 10.9 Å². The van der Waals surface area contributed by atoms with E-state index in [0.717, 1.165) is 16.5 Å². The van der Waals surface area contributed by atoms with E-state index in [-0.39, 0.29) is 17.4 Å². The second-order valence-corrected chi connectivity index (χ2v) is 9.08. The monoisotopic (exact) mass is 427 g/mol. The third-order valence-corrected chi connectivity index (χ3v) is 6.91. The summed E-state index contributed by atoms with van der Waals surface area (Å²) < 4.78 is 37.1. The van der Waals surface area contributed by atoms with Gasteiger partial charge in [0.05, 0.1) is 22.9 Å². The molecule has 1 aliphatic rings. The van der Waals surface area contributed by atoms with Gasteiger partial charge in [0.1, 0.15) is 0 Å². The zero-order chi connectivity index (χ0) is 21.5. The van der Waals surface area contributed by atoms with Gasteiger partial charge in [-0.3, -0.25) is 4.79 Å². The molecule has 0 radical (unpaired) electrons. The van der Waals surface area contributed by atoms with E-state index in [1.54, 1.807) is 49.5 Å². The number of fused-ring (bicyclic) bond motifs is 1. The number of benzene rings is 2. The minimum absolute atomic E-state index is 0.116. The highest BCUT2D eigenvalue weighted by atomic mass is 32.2. The van der Waals surface area contributed by atoms with Gasteiger partial charge in [-0.1, -0.05) is 35.9 Å². The van der Waals surface area contributed by atoms with Crippen LogP contribution in [0, 0.1) is 12.8 Å². The maximum absolute atomic E-state index is 13.3. The van der Waals surface area contributed by atoms with Crippen molar-refractivity contribution in [2.24, 2.45) is 5.92 Å². The molecular weight excluding hydrogens is 406 g/mol. The predicted octanol–water partition coefficient (Wildman–Crippen LogP) is 3.99. The van der Waals surface area contributed by atoms with Crippen molar-refractivity contribution < 1.29 is 27.5 Å². The highest BCUT2D eigenvalue weighted by Crippen LogP contribution is 2.51. The number of carbonyl (C=O) groups excluding carboxylic acids is 2. The molecule has 156 valence electrons. The largest absolute Gasteiger partial charge is 0.516 e. The molecule has 1 heterocycles. The molecule has 0 spiro atoms. The standard InChI is InChI=1S/C22H21NO6S/c1-3-28-22(25)29-21(24)18-12-17(18)19-13-23(20-7-5-4-6-16(19)20)30(26,27)15-10-8-14(2)9-11-15/h4-11,13,17-18H,3,12H2,1-2H3/t17-,18-/m1/s1. The summed E-state index contributed by atoms with van der Waals surface area (Å²) in [7, 11) is -3.80. The van der Waals surface area contributed by atoms with Crippen LogP contribution in [0.5, 0.6) is 0 Å². The molecule has 0 saturated heterocycles. The van der Waals surface area contributed by atoms with Crippen molar-refractivity contribution in [3.63, 3.8) is 0 Å². The Morgan fingerprint density at radius 2 is 1.80 bits per heavy atom. The molecule has 1 aliphatic carbocycles. The summed E-state index contributed by atoms with van der Waals surface area (Å²) in [6.45, 7) is 3.63. The Balaban J connectivity index is 1.68. The van der Waals surface area contributed by atoms with Gasteiger partial charge in [0.2, 0.25) is 0 Å². The topological polar surface area (TPSA) is 91.7 Å². The molecule has 1 saturated carbocycles. The van der Waals surface area contributed by atoms with Gasteiger partial charge in [0.15, 0.2) is 0 Å². The number of esters is 1. The Hall–Kier alpha value is -3.13. The van der Waals surface area contributed by atoms with E-state index in [1.165, 1.54) is 3.97 Å². The van der Waals surface area contributed by atoms with Gasteiger partial charge in [-0.15, -0.1) is 0 Å². The van der Waals surface area contributed by atoms with Crippen LogP contribution in [-0.4, -0.2) is 31.1 Å². The fourth-order valence-electron chi connectivity index (χ4n) is 3.60. The van der Waals surface area contributed by atoms with Crippen molar-refractivity contribution in [2.45, 2.75) is 31.1 Å². The number of para-hydroxylation sites is 1. The van der Waals surface area contributed by atoms with E-state index in [1.807, 2.05) is 19.1 Å². The van der Waals surface area contributed by atoms with E-state index in [9.17, 15) is 18.0 Å². The Labute approximate surface area is 174 Å². The summed E-state index contributed by atoms with van der Waals surface area (Å²) in [4.78, 5) is 23.8. The van der Waals surface area contributed by atoms with E-state index in [2.05, 4.69) is 4.74 Å². The van der Waals surface area contributed by atoms with Crippen LogP contribution in [0.2, 0.25) is 0 Å². The van der Waals surface area contributed by atoms with Crippen LogP contribution in [0.15, 0.2) is 59.6 Å². The molecule has 3 aromatic rings. The quantitative estimate of drug-likeness (QED) is 0.452. The van der Waals surface area contributed by atoms with E-state index >= 15 is 0 Å². The Kier molecular flexibility index (Phi) is 5.11. The van der Waals surface area contributed by atoms with E-state index in [4.69, 9.17) is 4.74 Å². The number of ether oxygens (including phenoxy) is 2. The normalized spacial score (nSPS) is 18.2. The average molecular weight is 427 g/mol. The summed E-state index contributed by atoms with van der Waals surface area (Å²) in [6.07, 6.45) is 1.04. The van der Waals surface area contributed by atoms with Gasteiger partial charge in [0.25, 0.3) is 10.0 Å². The fraction of sp³-hybridized carbons (Fsp3) is 0.273. The Morgan fingerprint density at radius 1 is 1.10 bits per heavy atom. The van der Waals surface area contributed by atoms with Gasteiger partial charge in [0, 0.05) is 17.5 Å². The molecule has 0 aliphatic heterocycles. The van der Waals surface area contributed by atoms with E-state index in [0.29, 0.717) is 11.9 Å². The molecule has 0 bridgehead atoms. The molecular formula is C22H21NO6S. The molecule has 0 amide bonds. The number of hydrogen-bond acceptors (Lipinski definition) is 6. The van der Waals surface area contributed by atoms with Crippen LogP contribution in [0.1, 0.15) is 30.4 Å². The van der Waals surface area contributed by atoms with Crippen molar-refractivity contribution >= 4 is 33.1 Å². The second kappa shape index (κ2) is 7.60. The third-order valence-electron chi connectivity index (χ3n) is 5.23. The first-order chi connectivity index (χ1) is 14.3. The maximum atomic E-state index is 13.3. The zero-order valence-electron chi connectivity index (χ0n) is 16.6. The Bertz CT molecular complexity index is 1230. The van der Waals surface area contributed by atoms with Gasteiger partial charge in [-0.2, -0.15) is 0 Å². The molecule has 30 heavy (non-hydrogen) atoms. The van der Waals surface area contributed by atoms with Crippen molar-refractivity contribution in [2.75, 3.05) is 6.61 Å². The van der Waals surface area contributed by atoms with Gasteiger partial charge in [-0.25, -0.2) is 17.2 Å². The first-order valence-electron chi connectivity index (χ1n) is 9.63. The lowest BCUT2D eigenvalue weighted by Gasteiger charge is -2.07. The lowest BCUT2D eigenvalue weighted by atomic mass is 10.1. The lowest BCUT2D eigenvalue weighted by Crippen LogP contribution is -2.15. The zero-order valence-corrected chi connectivity index (χ0v) is 17.4. The Morgan fingerprint density at radius 3 is 2.50 bits per heavy atom. The summed E-state index contributed by atoms with van der Waals surface area (Å²) in [6, 6.07) is 13.8. The van der Waals surface area contributed by atoms with Crippen molar-refractivity contribution in [1.82, 2.24) is 3.97 Å². The number of aromatic nitrogens is 1.